The lowest BCUT2D eigenvalue weighted by atomic mass is 10.4. The maximum Gasteiger partial charge on any atom is 0.522 e. The topological polar surface area (TPSA) is 88.5 Å². The normalized spacial score (nSPS) is 11.7. The van der Waals surface area contributed by atoms with Gasteiger partial charge in [-0.1, -0.05) is 36.4 Å². The number of hydrogen-bond donors (Lipinski definition) is 1. The van der Waals surface area contributed by atoms with Crippen molar-refractivity contribution in [3.8, 4) is 0 Å². The van der Waals surface area contributed by atoms with Crippen molar-refractivity contribution >= 4 is 33.5 Å². The van der Waals surface area contributed by atoms with Crippen LogP contribution in [-0.4, -0.2) is 26.9 Å². The van der Waals surface area contributed by atoms with E-state index in [0.29, 0.717) is 9.79 Å². The van der Waals surface area contributed by atoms with Crippen LogP contribution in [0.5, 0.6) is 0 Å². The fourth-order valence-electron chi connectivity index (χ4n) is 1.34. The second-order valence-electron chi connectivity index (χ2n) is 4.05. The molecule has 134 valence electrons. The molecule has 0 heterocycles. The van der Waals surface area contributed by atoms with Gasteiger partial charge >= 0.3 is 15.6 Å². The van der Waals surface area contributed by atoms with Crippen molar-refractivity contribution in [3.63, 3.8) is 0 Å². The van der Waals surface area contributed by atoms with Crippen LogP contribution in [0.15, 0.2) is 70.5 Å². The van der Waals surface area contributed by atoms with Crippen LogP contribution in [0.2, 0.25) is 0 Å². The van der Waals surface area contributed by atoms with Crippen LogP contribution in [0, 0.1) is 0 Å². The van der Waals surface area contributed by atoms with E-state index in [1.165, 1.54) is 0 Å². The van der Waals surface area contributed by atoms with Gasteiger partial charge < -0.3 is 0 Å². The van der Waals surface area contributed by atoms with Gasteiger partial charge in [0.05, 0.1) is 9.79 Å². The van der Waals surface area contributed by atoms with Gasteiger partial charge in [0, 0.05) is 0 Å². The molecule has 0 aromatic heterocycles. The van der Waals surface area contributed by atoms with Gasteiger partial charge in [0.2, 0.25) is 9.84 Å². The average molecular weight is 402 g/mol. The predicted octanol–water partition coefficient (Wildman–Crippen LogP) is 3.03. The van der Waals surface area contributed by atoms with E-state index in [-0.39, 0.29) is 13.5 Å². The van der Waals surface area contributed by atoms with Gasteiger partial charge in [0.1, 0.15) is 0 Å². The lowest BCUT2D eigenvalue weighted by molar-refractivity contribution is -0.0510. The van der Waals surface area contributed by atoms with E-state index < -0.39 is 25.5 Å². The quantitative estimate of drug-likeness (QED) is 0.616. The molecule has 0 aliphatic rings. The minimum atomic E-state index is -5.84. The molecule has 2 aromatic rings. The van der Waals surface area contributed by atoms with Crippen molar-refractivity contribution in [3.05, 3.63) is 60.7 Å². The van der Waals surface area contributed by atoms with Crippen molar-refractivity contribution in [1.82, 2.24) is 0 Å². The van der Waals surface area contributed by atoms with Crippen molar-refractivity contribution in [2.45, 2.75) is 15.3 Å². The Kier molecular flexibility index (Phi) is 7.96. The molecule has 0 saturated carbocycles. The van der Waals surface area contributed by atoms with E-state index in [1.54, 1.807) is 60.7 Å². The summed E-state index contributed by atoms with van der Waals surface area (Å²) in [6.45, 7) is 0. The smallest absolute Gasteiger partial charge is 0.279 e. The SMILES string of the molecule is O=S(=O)(O)C(F)(F)F.O=S(=O)(c1ccccc1)c1ccccc1.S. The van der Waals surface area contributed by atoms with E-state index in [4.69, 9.17) is 13.0 Å². The monoisotopic (exact) mass is 402 g/mol. The lowest BCUT2D eigenvalue weighted by Crippen LogP contribution is -2.21. The summed E-state index contributed by atoms with van der Waals surface area (Å²) < 4.78 is 81.6. The van der Waals surface area contributed by atoms with Crippen LogP contribution in [0.3, 0.4) is 0 Å². The van der Waals surface area contributed by atoms with Crippen LogP contribution >= 0.6 is 13.5 Å². The zero-order valence-electron chi connectivity index (χ0n) is 11.8. The Hall–Kier alpha value is -1.56. The lowest BCUT2D eigenvalue weighted by Gasteiger charge is -2.03. The van der Waals surface area contributed by atoms with E-state index in [9.17, 15) is 21.6 Å². The number of rotatable bonds is 2. The van der Waals surface area contributed by atoms with Gasteiger partial charge in [0.15, 0.2) is 0 Å². The zero-order valence-corrected chi connectivity index (χ0v) is 14.4. The maximum atomic E-state index is 12.0. The molecule has 24 heavy (non-hydrogen) atoms. The molecule has 1 N–H and O–H groups in total. The van der Waals surface area contributed by atoms with E-state index in [2.05, 4.69) is 0 Å². The molecule has 0 atom stereocenters. The molecule has 0 bridgehead atoms. The average Bonchev–Trinajstić information content (AvgIpc) is 2.48. The standard InChI is InChI=1S/C12H10O2S.CHF3O3S.H2S/c13-15(14,11-7-3-1-4-8-11)12-9-5-2-6-10-12;2-1(3,4)8(5,6)7;/h1-10H;(H,5,6,7);1H2. The molecule has 5 nitrogen and oxygen atoms in total. The molecule has 2 aromatic carbocycles. The van der Waals surface area contributed by atoms with Crippen molar-refractivity contribution in [1.29, 1.82) is 0 Å². The number of halogens is 3. The van der Waals surface area contributed by atoms with Gasteiger partial charge in [-0.3, -0.25) is 4.55 Å². The Balaban J connectivity index is 0.000000510. The summed E-state index contributed by atoms with van der Waals surface area (Å²) >= 11 is 0. The number of benzene rings is 2. The molecular weight excluding hydrogens is 389 g/mol. The van der Waals surface area contributed by atoms with Crippen LogP contribution in [0.25, 0.3) is 0 Å². The highest BCUT2D eigenvalue weighted by molar-refractivity contribution is 7.91. The highest BCUT2D eigenvalue weighted by Gasteiger charge is 2.44. The number of hydrogen-bond acceptors (Lipinski definition) is 4. The molecule has 0 radical (unpaired) electrons. The molecule has 0 fully saturated rings. The molecule has 0 spiro atoms. The first kappa shape index (κ1) is 22.4. The third kappa shape index (κ3) is 6.15. The first-order valence-electron chi connectivity index (χ1n) is 5.85. The molecular formula is C13H13F3O5S3. The summed E-state index contributed by atoms with van der Waals surface area (Å²) in [7, 11) is -9.18. The molecule has 11 heteroatoms. The second-order valence-corrected chi connectivity index (χ2v) is 7.41. The Morgan fingerprint density at radius 2 is 0.958 bits per heavy atom. The Morgan fingerprint density at radius 1 is 0.708 bits per heavy atom. The fourth-order valence-corrected chi connectivity index (χ4v) is 2.64. The van der Waals surface area contributed by atoms with E-state index >= 15 is 0 Å². The van der Waals surface area contributed by atoms with Crippen molar-refractivity contribution < 1.29 is 34.6 Å². The molecule has 2 rings (SSSR count). The second kappa shape index (κ2) is 8.51. The largest absolute Gasteiger partial charge is 0.522 e. The third-order valence-corrected chi connectivity index (χ3v) is 4.77. The highest BCUT2D eigenvalue weighted by Crippen LogP contribution is 2.20. The molecule has 0 amide bonds. The molecule has 0 aliphatic heterocycles. The van der Waals surface area contributed by atoms with Crippen LogP contribution in [-0.2, 0) is 20.0 Å². The third-order valence-electron chi connectivity index (χ3n) is 2.40. The van der Waals surface area contributed by atoms with E-state index in [1.807, 2.05) is 0 Å². The first-order valence-corrected chi connectivity index (χ1v) is 8.77. The van der Waals surface area contributed by atoms with Gasteiger partial charge in [0.25, 0.3) is 0 Å². The summed E-state index contributed by atoms with van der Waals surface area (Å²) in [6.07, 6.45) is 0. The minimum absolute atomic E-state index is 0. The highest BCUT2D eigenvalue weighted by atomic mass is 32.2. The van der Waals surface area contributed by atoms with Gasteiger partial charge in [-0.15, -0.1) is 0 Å². The van der Waals surface area contributed by atoms with Crippen LogP contribution < -0.4 is 0 Å². The van der Waals surface area contributed by atoms with Gasteiger partial charge in [-0.25, -0.2) is 8.42 Å². The van der Waals surface area contributed by atoms with Crippen LogP contribution in [0.4, 0.5) is 13.2 Å². The van der Waals surface area contributed by atoms with Crippen LogP contribution in [0.1, 0.15) is 0 Å². The number of alkyl halides is 3. The Morgan fingerprint density at radius 3 is 1.17 bits per heavy atom. The Labute approximate surface area is 144 Å². The van der Waals surface area contributed by atoms with E-state index in [0.717, 1.165) is 0 Å². The Bertz CT molecular complexity index is 788. The maximum absolute atomic E-state index is 12.0. The molecule has 0 saturated heterocycles. The van der Waals surface area contributed by atoms with Crippen molar-refractivity contribution in [2.24, 2.45) is 0 Å². The molecule has 0 aliphatic carbocycles. The summed E-state index contributed by atoms with van der Waals surface area (Å²) in [5.41, 5.74) is -5.53. The fraction of sp³-hybridized carbons (Fsp3) is 0.0769. The zero-order chi connectivity index (χ0) is 17.7. The summed E-state index contributed by atoms with van der Waals surface area (Å²) in [5, 5.41) is 0. The first-order chi connectivity index (χ1) is 10.5. The van der Waals surface area contributed by atoms with Gasteiger partial charge in [-0.05, 0) is 24.3 Å². The number of sulfone groups is 1. The summed E-state index contributed by atoms with van der Waals surface area (Å²) in [5.74, 6) is 0. The predicted molar refractivity (Wildman–Crippen MR) is 86.3 cm³/mol. The van der Waals surface area contributed by atoms with Gasteiger partial charge in [-0.2, -0.15) is 35.1 Å². The molecule has 0 unspecified atom stereocenters. The summed E-state index contributed by atoms with van der Waals surface area (Å²) in [4.78, 5) is 0.660. The minimum Gasteiger partial charge on any atom is -0.279 e. The van der Waals surface area contributed by atoms with Crippen molar-refractivity contribution in [2.75, 3.05) is 0 Å². The summed E-state index contributed by atoms with van der Waals surface area (Å²) in [6, 6.07) is 16.9.